The number of piperazine rings is 1. The fraction of sp³-hybridized carbons (Fsp3) is 0.514. The first-order valence-electron chi connectivity index (χ1n) is 16.4. The molecule has 3 aromatic rings. The van der Waals surface area contributed by atoms with E-state index < -0.39 is 5.60 Å². The largest absolute Gasteiger partial charge is 0.494 e. The van der Waals surface area contributed by atoms with E-state index in [0.717, 1.165) is 73.4 Å². The number of rotatable bonds is 11. The molecule has 1 aliphatic carbocycles. The van der Waals surface area contributed by atoms with Gasteiger partial charge in [-0.05, 0) is 70.2 Å². The average Bonchev–Trinajstić information content (AvgIpc) is 3.75. The van der Waals surface area contributed by atoms with Crippen LogP contribution in [-0.4, -0.2) is 89.3 Å². The van der Waals surface area contributed by atoms with Crippen LogP contribution in [0.15, 0.2) is 54.9 Å². The Morgan fingerprint density at radius 2 is 1.85 bits per heavy atom. The Balaban J connectivity index is 0.00000417. The maximum atomic E-state index is 14.1. The van der Waals surface area contributed by atoms with Gasteiger partial charge < -0.3 is 29.5 Å². The Morgan fingerprint density at radius 1 is 1.04 bits per heavy atom. The molecule has 3 aliphatic rings. The molecular formula is C35H47ClN6O4. The lowest BCUT2D eigenvalue weighted by atomic mass is 9.95. The van der Waals surface area contributed by atoms with Crippen molar-refractivity contribution in [1.29, 1.82) is 0 Å². The number of nitrogens with zero attached hydrogens (tertiary/aromatic N) is 4. The molecule has 10 nitrogen and oxygen atoms in total. The molecule has 2 N–H and O–H groups in total. The van der Waals surface area contributed by atoms with Gasteiger partial charge in [0.25, 0.3) is 5.91 Å². The predicted octanol–water partition coefficient (Wildman–Crippen LogP) is 4.89. The molecule has 1 saturated carbocycles. The second kappa shape index (κ2) is 14.8. The highest BCUT2D eigenvalue weighted by Crippen LogP contribution is 2.36. The van der Waals surface area contributed by atoms with E-state index in [1.807, 2.05) is 50.1 Å². The number of benzene rings is 2. The Hall–Kier alpha value is -3.76. The Kier molecular flexibility index (Phi) is 10.8. The van der Waals surface area contributed by atoms with Crippen molar-refractivity contribution in [2.45, 2.75) is 64.6 Å². The molecule has 3 fully saturated rings. The second-order valence-corrected chi connectivity index (χ2v) is 12.9. The zero-order valence-corrected chi connectivity index (χ0v) is 28.0. The van der Waals surface area contributed by atoms with Gasteiger partial charge in [-0.2, -0.15) is 5.10 Å². The number of H-pyrrole nitrogens is 1. The van der Waals surface area contributed by atoms with Gasteiger partial charge in [-0.3, -0.25) is 14.7 Å². The molecule has 2 amide bonds. The van der Waals surface area contributed by atoms with Gasteiger partial charge in [-0.15, -0.1) is 12.4 Å². The number of hydrogen-bond donors (Lipinski definition) is 2. The SMILES string of the molecule is CCOc1cc(-c2cn[nH]c2)ccc1CN(C(=O)C1CCCN(c2cccc(OC(C)(C)C(=O)N3CCNCC3)c2)C1)C1CC1.Cl. The van der Waals surface area contributed by atoms with Crippen molar-refractivity contribution < 1.29 is 19.1 Å². The van der Waals surface area contributed by atoms with E-state index in [1.165, 1.54) is 0 Å². The number of ether oxygens (including phenoxy) is 2. The van der Waals surface area contributed by atoms with Crippen LogP contribution >= 0.6 is 12.4 Å². The molecule has 0 radical (unpaired) electrons. The van der Waals surface area contributed by atoms with E-state index in [2.05, 4.69) is 49.6 Å². The van der Waals surface area contributed by atoms with E-state index in [0.29, 0.717) is 38.5 Å². The lowest BCUT2D eigenvalue weighted by Gasteiger charge is -2.37. The minimum atomic E-state index is -0.974. The molecule has 248 valence electrons. The van der Waals surface area contributed by atoms with Crippen molar-refractivity contribution in [1.82, 2.24) is 25.3 Å². The second-order valence-electron chi connectivity index (χ2n) is 12.9. The lowest BCUT2D eigenvalue weighted by molar-refractivity contribution is -0.146. The fourth-order valence-electron chi connectivity index (χ4n) is 6.50. The van der Waals surface area contributed by atoms with Crippen molar-refractivity contribution in [3.8, 4) is 22.6 Å². The third-order valence-electron chi connectivity index (χ3n) is 9.06. The molecular weight excluding hydrogens is 604 g/mol. The fourth-order valence-corrected chi connectivity index (χ4v) is 6.50. The van der Waals surface area contributed by atoms with Crippen molar-refractivity contribution in [3.63, 3.8) is 0 Å². The quantitative estimate of drug-likeness (QED) is 0.305. The van der Waals surface area contributed by atoms with Crippen molar-refractivity contribution in [2.75, 3.05) is 50.8 Å². The number of carbonyl (C=O) groups excluding carboxylic acids is 2. The highest BCUT2D eigenvalue weighted by molar-refractivity contribution is 5.85. The number of hydrogen-bond acceptors (Lipinski definition) is 7. The van der Waals surface area contributed by atoms with E-state index in [4.69, 9.17) is 9.47 Å². The number of piperidine rings is 1. The molecule has 1 unspecified atom stereocenters. The molecule has 1 atom stereocenters. The average molecular weight is 651 g/mol. The monoisotopic (exact) mass is 650 g/mol. The molecule has 11 heteroatoms. The van der Waals surface area contributed by atoms with Gasteiger partial charge in [0.15, 0.2) is 5.60 Å². The summed E-state index contributed by atoms with van der Waals surface area (Å²) in [5.41, 5.74) is 3.11. The summed E-state index contributed by atoms with van der Waals surface area (Å²) in [6.45, 7) is 11.3. The van der Waals surface area contributed by atoms with E-state index in [9.17, 15) is 9.59 Å². The maximum absolute atomic E-state index is 14.1. The summed E-state index contributed by atoms with van der Waals surface area (Å²) in [7, 11) is 0. The van der Waals surface area contributed by atoms with Crippen LogP contribution < -0.4 is 19.7 Å². The molecule has 2 aromatic carbocycles. The van der Waals surface area contributed by atoms with Crippen LogP contribution in [-0.2, 0) is 16.1 Å². The highest BCUT2D eigenvalue weighted by Gasteiger charge is 2.38. The number of amides is 2. The van der Waals surface area contributed by atoms with E-state index >= 15 is 0 Å². The van der Waals surface area contributed by atoms with Crippen molar-refractivity contribution >= 4 is 29.9 Å². The highest BCUT2D eigenvalue weighted by atomic mass is 35.5. The summed E-state index contributed by atoms with van der Waals surface area (Å²) < 4.78 is 12.4. The summed E-state index contributed by atoms with van der Waals surface area (Å²) >= 11 is 0. The Labute approximate surface area is 278 Å². The molecule has 0 bridgehead atoms. The Morgan fingerprint density at radius 3 is 2.57 bits per heavy atom. The van der Waals surface area contributed by atoms with Gasteiger partial charge in [0.2, 0.25) is 5.91 Å². The summed E-state index contributed by atoms with van der Waals surface area (Å²) in [6, 6.07) is 14.5. The summed E-state index contributed by atoms with van der Waals surface area (Å²) in [5.74, 6) is 1.61. The van der Waals surface area contributed by atoms with Gasteiger partial charge in [0.1, 0.15) is 11.5 Å². The summed E-state index contributed by atoms with van der Waals surface area (Å²) in [6.07, 6.45) is 7.57. The maximum Gasteiger partial charge on any atom is 0.266 e. The van der Waals surface area contributed by atoms with Crippen LogP contribution in [0.25, 0.3) is 11.1 Å². The van der Waals surface area contributed by atoms with Crippen LogP contribution in [0.5, 0.6) is 11.5 Å². The number of halogens is 1. The van der Waals surface area contributed by atoms with E-state index in [-0.39, 0.29) is 36.2 Å². The molecule has 46 heavy (non-hydrogen) atoms. The number of aromatic nitrogens is 2. The number of aromatic amines is 1. The van der Waals surface area contributed by atoms with E-state index in [1.54, 1.807) is 6.20 Å². The lowest BCUT2D eigenvalue weighted by Crippen LogP contribution is -2.54. The smallest absolute Gasteiger partial charge is 0.266 e. The zero-order valence-electron chi connectivity index (χ0n) is 27.2. The third kappa shape index (κ3) is 7.78. The van der Waals surface area contributed by atoms with Crippen LogP contribution in [0.3, 0.4) is 0 Å². The van der Waals surface area contributed by atoms with Gasteiger partial charge in [-0.1, -0.05) is 18.2 Å². The van der Waals surface area contributed by atoms with Gasteiger partial charge >= 0.3 is 0 Å². The van der Waals surface area contributed by atoms with Gasteiger partial charge in [0.05, 0.1) is 18.7 Å². The number of carbonyl (C=O) groups is 2. The topological polar surface area (TPSA) is 103 Å². The Bertz CT molecular complexity index is 1470. The molecule has 0 spiro atoms. The standard InChI is InChI=1S/C35H46N6O4.ClH/c1-4-44-32-19-25(28-21-37-38-22-28)10-11-26(32)24-41(29-12-13-29)33(42)27-7-6-16-40(23-27)30-8-5-9-31(20-30)45-35(2,3)34(43)39-17-14-36-15-18-39;/h5,8-11,19-22,27,29,36H,4,6-7,12-18,23-24H2,1-3H3,(H,37,38);1H. The molecule has 3 heterocycles. The molecule has 2 saturated heterocycles. The molecule has 1 aromatic heterocycles. The molecule has 6 rings (SSSR count). The van der Waals surface area contributed by atoms with Crippen molar-refractivity contribution in [3.05, 3.63) is 60.4 Å². The normalized spacial score (nSPS) is 18.5. The van der Waals surface area contributed by atoms with Crippen LogP contribution in [0.4, 0.5) is 5.69 Å². The minimum absolute atomic E-state index is 0. The van der Waals surface area contributed by atoms with Crippen LogP contribution in [0, 0.1) is 5.92 Å². The molecule has 2 aliphatic heterocycles. The zero-order chi connectivity index (χ0) is 31.4. The number of anilines is 1. The van der Waals surface area contributed by atoms with Crippen molar-refractivity contribution in [2.24, 2.45) is 5.92 Å². The van der Waals surface area contributed by atoms with Gasteiger partial charge in [-0.25, -0.2) is 0 Å². The summed E-state index contributed by atoms with van der Waals surface area (Å²) in [4.78, 5) is 33.6. The third-order valence-corrected chi connectivity index (χ3v) is 9.06. The van der Waals surface area contributed by atoms with Gasteiger partial charge in [0, 0.05) is 80.9 Å². The van der Waals surface area contributed by atoms with Crippen LogP contribution in [0.2, 0.25) is 0 Å². The first-order valence-corrected chi connectivity index (χ1v) is 16.4. The number of nitrogens with one attached hydrogen (secondary N) is 2. The first kappa shape index (κ1) is 33.6. The first-order chi connectivity index (χ1) is 21.8. The minimum Gasteiger partial charge on any atom is -0.494 e. The predicted molar refractivity (Wildman–Crippen MR) is 182 cm³/mol. The summed E-state index contributed by atoms with van der Waals surface area (Å²) in [5, 5.41) is 10.2. The van der Waals surface area contributed by atoms with Crippen LogP contribution in [0.1, 0.15) is 52.0 Å².